The van der Waals surface area contributed by atoms with Gasteiger partial charge in [-0.1, -0.05) is 0 Å². The predicted molar refractivity (Wildman–Crippen MR) is 99.6 cm³/mol. The van der Waals surface area contributed by atoms with E-state index in [1.165, 1.54) is 12.1 Å². The molecule has 2 amide bonds. The molecule has 1 atom stereocenters. The number of amides is 2. The van der Waals surface area contributed by atoms with Crippen molar-refractivity contribution >= 4 is 11.8 Å². The number of ether oxygens (including phenoxy) is 1. The Morgan fingerprint density at radius 2 is 1.81 bits per heavy atom. The van der Waals surface area contributed by atoms with Crippen LogP contribution < -0.4 is 10.5 Å². The zero-order valence-electron chi connectivity index (χ0n) is 15.6. The summed E-state index contributed by atoms with van der Waals surface area (Å²) in [6.07, 6.45) is 3.45. The van der Waals surface area contributed by atoms with E-state index in [1.54, 1.807) is 12.1 Å². The molecule has 2 saturated heterocycles. The molecule has 0 radical (unpaired) electrons. The van der Waals surface area contributed by atoms with Gasteiger partial charge >= 0.3 is 0 Å². The maximum Gasteiger partial charge on any atom is 0.236 e. The summed E-state index contributed by atoms with van der Waals surface area (Å²) in [6, 6.07) is 6.01. The first kappa shape index (κ1) is 19.6. The molecule has 3 rings (SSSR count). The average molecular weight is 377 g/mol. The Hall–Kier alpha value is -2.15. The molecule has 1 aromatic rings. The number of hydrogen-bond donors (Lipinski definition) is 1. The third-order valence-electron chi connectivity index (χ3n) is 5.52. The van der Waals surface area contributed by atoms with Crippen LogP contribution in [-0.2, 0) is 9.59 Å². The van der Waals surface area contributed by atoms with Crippen LogP contribution in [0, 0.1) is 17.7 Å². The fourth-order valence-electron chi connectivity index (χ4n) is 3.84. The standard InChI is InChI=1S/C20H28FN3O3/c21-17-3-5-18(6-4-17)27-14-15-2-1-9-24(12-15)19(25)13-23-10-7-16(8-11-23)20(22)26/h3-6,15-16H,1-2,7-14H2,(H2,22,26)/t15-/m0/s1. The van der Waals surface area contributed by atoms with Crippen molar-refractivity contribution in [1.82, 2.24) is 9.80 Å². The van der Waals surface area contributed by atoms with Crippen LogP contribution in [0.25, 0.3) is 0 Å². The smallest absolute Gasteiger partial charge is 0.236 e. The lowest BCUT2D eigenvalue weighted by molar-refractivity contribution is -0.135. The van der Waals surface area contributed by atoms with Crippen LogP contribution in [-0.4, -0.2) is 60.9 Å². The lowest BCUT2D eigenvalue weighted by Gasteiger charge is -2.35. The molecular formula is C20H28FN3O3. The summed E-state index contributed by atoms with van der Waals surface area (Å²) in [4.78, 5) is 27.9. The molecule has 2 N–H and O–H groups in total. The zero-order valence-corrected chi connectivity index (χ0v) is 15.6. The van der Waals surface area contributed by atoms with Crippen molar-refractivity contribution in [2.45, 2.75) is 25.7 Å². The van der Waals surface area contributed by atoms with E-state index < -0.39 is 0 Å². The van der Waals surface area contributed by atoms with Crippen LogP contribution in [0.5, 0.6) is 5.75 Å². The number of hydrogen-bond acceptors (Lipinski definition) is 4. The van der Waals surface area contributed by atoms with Gasteiger partial charge in [0.2, 0.25) is 11.8 Å². The molecule has 1 aromatic carbocycles. The molecule has 27 heavy (non-hydrogen) atoms. The van der Waals surface area contributed by atoms with E-state index in [4.69, 9.17) is 10.5 Å². The van der Waals surface area contributed by atoms with E-state index in [9.17, 15) is 14.0 Å². The number of carbonyl (C=O) groups is 2. The second kappa shape index (κ2) is 9.17. The molecule has 0 saturated carbocycles. The highest BCUT2D eigenvalue weighted by atomic mass is 19.1. The number of halogens is 1. The highest BCUT2D eigenvalue weighted by Crippen LogP contribution is 2.21. The van der Waals surface area contributed by atoms with Crippen molar-refractivity contribution in [3.63, 3.8) is 0 Å². The first-order valence-electron chi connectivity index (χ1n) is 9.69. The lowest BCUT2D eigenvalue weighted by atomic mass is 9.96. The van der Waals surface area contributed by atoms with Gasteiger partial charge in [0.25, 0.3) is 0 Å². The van der Waals surface area contributed by atoms with Crippen molar-refractivity contribution in [3.05, 3.63) is 30.1 Å². The van der Waals surface area contributed by atoms with E-state index in [2.05, 4.69) is 4.90 Å². The molecule has 0 aliphatic carbocycles. The maximum absolute atomic E-state index is 12.9. The van der Waals surface area contributed by atoms with E-state index in [-0.39, 0.29) is 29.5 Å². The quantitative estimate of drug-likeness (QED) is 0.818. The minimum absolute atomic E-state index is 0.0562. The lowest BCUT2D eigenvalue weighted by Crippen LogP contribution is -2.48. The van der Waals surface area contributed by atoms with Crippen molar-refractivity contribution < 1.29 is 18.7 Å². The van der Waals surface area contributed by atoms with E-state index in [0.29, 0.717) is 25.4 Å². The minimum atomic E-state index is -0.281. The summed E-state index contributed by atoms with van der Waals surface area (Å²) in [5, 5.41) is 0. The largest absolute Gasteiger partial charge is 0.493 e. The van der Waals surface area contributed by atoms with Crippen molar-refractivity contribution in [2.24, 2.45) is 17.6 Å². The van der Waals surface area contributed by atoms with Crippen molar-refractivity contribution in [1.29, 1.82) is 0 Å². The molecule has 2 fully saturated rings. The number of benzene rings is 1. The molecule has 0 unspecified atom stereocenters. The van der Waals surface area contributed by atoms with Crippen LogP contribution in [0.15, 0.2) is 24.3 Å². The van der Waals surface area contributed by atoms with Crippen LogP contribution in [0.4, 0.5) is 4.39 Å². The van der Waals surface area contributed by atoms with Gasteiger partial charge < -0.3 is 15.4 Å². The Balaban J connectivity index is 1.42. The number of nitrogens with zero attached hydrogens (tertiary/aromatic N) is 2. The van der Waals surface area contributed by atoms with E-state index >= 15 is 0 Å². The molecule has 0 bridgehead atoms. The summed E-state index contributed by atoms with van der Waals surface area (Å²) in [7, 11) is 0. The van der Waals surface area contributed by atoms with Crippen LogP contribution in [0.2, 0.25) is 0 Å². The summed E-state index contributed by atoms with van der Waals surface area (Å²) in [5.74, 6) is 0.501. The zero-order chi connectivity index (χ0) is 19.2. The van der Waals surface area contributed by atoms with Gasteiger partial charge in [0, 0.05) is 24.9 Å². The molecule has 0 spiro atoms. The van der Waals surface area contributed by atoms with E-state index in [1.807, 2.05) is 4.90 Å². The summed E-state index contributed by atoms with van der Waals surface area (Å²) < 4.78 is 18.7. The van der Waals surface area contributed by atoms with Crippen molar-refractivity contribution in [2.75, 3.05) is 39.3 Å². The second-order valence-electron chi connectivity index (χ2n) is 7.57. The van der Waals surface area contributed by atoms with Gasteiger partial charge in [0.05, 0.1) is 13.2 Å². The normalized spacial score (nSPS) is 21.8. The van der Waals surface area contributed by atoms with Gasteiger partial charge in [-0.3, -0.25) is 14.5 Å². The Morgan fingerprint density at radius 1 is 1.11 bits per heavy atom. The minimum Gasteiger partial charge on any atom is -0.493 e. The first-order valence-corrected chi connectivity index (χ1v) is 9.69. The van der Waals surface area contributed by atoms with Crippen LogP contribution in [0.1, 0.15) is 25.7 Å². The monoisotopic (exact) mass is 377 g/mol. The fourth-order valence-corrected chi connectivity index (χ4v) is 3.84. The fraction of sp³-hybridized carbons (Fsp3) is 0.600. The molecule has 0 aromatic heterocycles. The Kier molecular flexibility index (Phi) is 6.66. The summed E-state index contributed by atoms with van der Waals surface area (Å²) in [5.41, 5.74) is 5.36. The Bertz CT molecular complexity index is 644. The molecule has 2 aliphatic rings. The number of nitrogens with two attached hydrogens (primary N) is 1. The number of likely N-dealkylation sites (tertiary alicyclic amines) is 2. The molecule has 7 heteroatoms. The van der Waals surface area contributed by atoms with Crippen LogP contribution in [0.3, 0.4) is 0 Å². The predicted octanol–water partition coefficient (Wildman–Crippen LogP) is 1.64. The molecule has 6 nitrogen and oxygen atoms in total. The number of primary amides is 1. The maximum atomic E-state index is 12.9. The van der Waals surface area contributed by atoms with Gasteiger partial charge in [-0.25, -0.2) is 4.39 Å². The van der Waals surface area contributed by atoms with Crippen LogP contribution >= 0.6 is 0 Å². The molecule has 2 heterocycles. The first-order chi connectivity index (χ1) is 13.0. The molecule has 148 valence electrons. The average Bonchev–Trinajstić information content (AvgIpc) is 2.68. The van der Waals surface area contributed by atoms with Gasteiger partial charge in [-0.2, -0.15) is 0 Å². The van der Waals surface area contributed by atoms with Gasteiger partial charge in [-0.15, -0.1) is 0 Å². The highest BCUT2D eigenvalue weighted by molar-refractivity contribution is 5.79. The SMILES string of the molecule is NC(=O)C1CCN(CC(=O)N2CCC[C@H](COc3ccc(F)cc3)C2)CC1. The number of piperidine rings is 2. The molecule has 2 aliphatic heterocycles. The second-order valence-corrected chi connectivity index (χ2v) is 7.57. The van der Waals surface area contributed by atoms with Gasteiger partial charge in [-0.05, 0) is 63.0 Å². The molecular weight excluding hydrogens is 349 g/mol. The van der Waals surface area contributed by atoms with E-state index in [0.717, 1.165) is 45.3 Å². The Labute approximate surface area is 159 Å². The number of rotatable bonds is 6. The topological polar surface area (TPSA) is 75.9 Å². The Morgan fingerprint density at radius 3 is 2.48 bits per heavy atom. The summed E-state index contributed by atoms with van der Waals surface area (Å²) in [6.45, 7) is 3.88. The van der Waals surface area contributed by atoms with Gasteiger partial charge in [0.1, 0.15) is 11.6 Å². The summed E-state index contributed by atoms with van der Waals surface area (Å²) >= 11 is 0. The third-order valence-corrected chi connectivity index (χ3v) is 5.52. The highest BCUT2D eigenvalue weighted by Gasteiger charge is 2.28. The van der Waals surface area contributed by atoms with Crippen molar-refractivity contribution in [3.8, 4) is 5.75 Å². The van der Waals surface area contributed by atoms with Gasteiger partial charge in [0.15, 0.2) is 0 Å². The third kappa shape index (κ3) is 5.66. The number of carbonyl (C=O) groups excluding carboxylic acids is 2.